The first-order chi connectivity index (χ1) is 17.3. The first kappa shape index (κ1) is 24.3. The van der Waals surface area contributed by atoms with Gasteiger partial charge in [-0.25, -0.2) is 8.78 Å². The molecule has 1 saturated heterocycles. The number of phenols is 1. The van der Waals surface area contributed by atoms with E-state index in [-0.39, 0.29) is 5.75 Å². The van der Waals surface area contributed by atoms with E-state index >= 15 is 0 Å². The predicted molar refractivity (Wildman–Crippen MR) is 137 cm³/mol. The van der Waals surface area contributed by atoms with Crippen molar-refractivity contribution in [2.45, 2.75) is 39.3 Å². The molecule has 3 atom stereocenters. The maximum absolute atomic E-state index is 14.2. The standard InChI is InChI=1S/C30H31F2NO3/c1-18-12-13-33(16-18)19(2)17-35-24-8-4-21(5-9-24)30-29(22-6-10-26(31)27(32)14-22)20(3)25-15-23(34)7-11-28(25)36-30/h4-11,14-15,18-19,30,34H,12-13,16-17H2,1-3H3. The van der Waals surface area contributed by atoms with Gasteiger partial charge in [0.05, 0.1) is 0 Å². The second kappa shape index (κ2) is 9.94. The van der Waals surface area contributed by atoms with Gasteiger partial charge in [0.1, 0.15) is 30.0 Å². The summed E-state index contributed by atoms with van der Waals surface area (Å²) in [6.07, 6.45) is 0.696. The second-order valence-corrected chi connectivity index (χ2v) is 9.96. The Bertz CT molecular complexity index is 1290. The third-order valence-electron chi connectivity index (χ3n) is 7.26. The summed E-state index contributed by atoms with van der Waals surface area (Å²) in [5, 5.41) is 10.0. The van der Waals surface area contributed by atoms with Crippen LogP contribution in [0, 0.1) is 17.6 Å². The quantitative estimate of drug-likeness (QED) is 0.410. The molecule has 3 unspecified atom stereocenters. The molecule has 4 nitrogen and oxygen atoms in total. The molecule has 0 aliphatic carbocycles. The van der Waals surface area contributed by atoms with E-state index in [1.54, 1.807) is 24.3 Å². The Morgan fingerprint density at radius 1 is 1.06 bits per heavy atom. The van der Waals surface area contributed by atoms with Crippen molar-refractivity contribution >= 4 is 11.1 Å². The number of hydrogen-bond donors (Lipinski definition) is 1. The summed E-state index contributed by atoms with van der Waals surface area (Å²) in [5.74, 6) is 0.418. The summed E-state index contributed by atoms with van der Waals surface area (Å²) in [5.41, 5.74) is 3.66. The number of benzene rings is 3. The van der Waals surface area contributed by atoms with Crippen LogP contribution in [0.2, 0.25) is 0 Å². The lowest BCUT2D eigenvalue weighted by Gasteiger charge is -2.31. The van der Waals surface area contributed by atoms with Crippen molar-refractivity contribution in [3.05, 3.63) is 89.0 Å². The van der Waals surface area contributed by atoms with Crippen LogP contribution in [0.5, 0.6) is 17.2 Å². The Morgan fingerprint density at radius 3 is 2.53 bits per heavy atom. The average Bonchev–Trinajstić information content (AvgIpc) is 3.31. The Hall–Kier alpha value is -3.38. The zero-order chi connectivity index (χ0) is 25.4. The second-order valence-electron chi connectivity index (χ2n) is 9.96. The fourth-order valence-corrected chi connectivity index (χ4v) is 5.14. The Kier molecular flexibility index (Phi) is 6.71. The predicted octanol–water partition coefficient (Wildman–Crippen LogP) is 6.84. The summed E-state index contributed by atoms with van der Waals surface area (Å²) < 4.78 is 40.3. The number of rotatable bonds is 6. The van der Waals surface area contributed by atoms with Crippen LogP contribution in [0.4, 0.5) is 8.78 Å². The van der Waals surface area contributed by atoms with Gasteiger partial charge in [-0.05, 0) is 91.9 Å². The van der Waals surface area contributed by atoms with E-state index in [0.717, 1.165) is 53.1 Å². The molecular formula is C30H31F2NO3. The Morgan fingerprint density at radius 2 is 1.83 bits per heavy atom. The summed E-state index contributed by atoms with van der Waals surface area (Å²) in [6.45, 7) is 9.22. The van der Waals surface area contributed by atoms with Gasteiger partial charge in [-0.3, -0.25) is 4.90 Å². The average molecular weight is 492 g/mol. The fraction of sp³-hybridized carbons (Fsp3) is 0.333. The van der Waals surface area contributed by atoms with Crippen LogP contribution in [0.25, 0.3) is 11.1 Å². The summed E-state index contributed by atoms with van der Waals surface area (Å²) >= 11 is 0. The van der Waals surface area contributed by atoms with Gasteiger partial charge in [-0.1, -0.05) is 25.1 Å². The van der Waals surface area contributed by atoms with Crippen molar-refractivity contribution in [3.63, 3.8) is 0 Å². The Balaban J connectivity index is 1.42. The zero-order valence-electron chi connectivity index (χ0n) is 20.8. The summed E-state index contributed by atoms with van der Waals surface area (Å²) in [7, 11) is 0. The first-order valence-corrected chi connectivity index (χ1v) is 12.4. The molecule has 0 saturated carbocycles. The maximum atomic E-state index is 14.2. The number of likely N-dealkylation sites (tertiary alicyclic amines) is 1. The van der Waals surface area contributed by atoms with Gasteiger partial charge in [-0.2, -0.15) is 0 Å². The number of allylic oxidation sites excluding steroid dienone is 1. The molecule has 5 rings (SSSR count). The summed E-state index contributed by atoms with van der Waals surface area (Å²) in [6, 6.07) is 16.9. The molecule has 0 radical (unpaired) electrons. The highest BCUT2D eigenvalue weighted by Gasteiger charge is 2.30. The van der Waals surface area contributed by atoms with Crippen LogP contribution in [0.3, 0.4) is 0 Å². The minimum absolute atomic E-state index is 0.110. The minimum atomic E-state index is -0.918. The smallest absolute Gasteiger partial charge is 0.159 e. The van der Waals surface area contributed by atoms with Gasteiger partial charge in [-0.15, -0.1) is 0 Å². The number of hydrogen-bond acceptors (Lipinski definition) is 4. The van der Waals surface area contributed by atoms with Crippen LogP contribution in [-0.4, -0.2) is 35.7 Å². The molecule has 2 heterocycles. The van der Waals surface area contributed by atoms with Gasteiger partial charge < -0.3 is 14.6 Å². The number of halogens is 2. The SMILES string of the molecule is CC1=C(c2ccc(F)c(F)c2)C(c2ccc(OCC(C)N3CCC(C)C3)cc2)Oc2ccc(O)cc21. The van der Waals surface area contributed by atoms with Crippen molar-refractivity contribution in [2.24, 2.45) is 5.92 Å². The monoisotopic (exact) mass is 491 g/mol. The topological polar surface area (TPSA) is 41.9 Å². The molecular weight excluding hydrogens is 460 g/mol. The molecule has 3 aromatic carbocycles. The fourth-order valence-electron chi connectivity index (χ4n) is 5.14. The van der Waals surface area contributed by atoms with Gasteiger partial charge in [0.15, 0.2) is 11.6 Å². The van der Waals surface area contributed by atoms with Crippen molar-refractivity contribution in [2.75, 3.05) is 19.7 Å². The third kappa shape index (κ3) is 4.82. The van der Waals surface area contributed by atoms with Crippen LogP contribution in [0.15, 0.2) is 60.7 Å². The molecule has 188 valence electrons. The van der Waals surface area contributed by atoms with E-state index in [1.165, 1.54) is 12.5 Å². The highest BCUT2D eigenvalue weighted by molar-refractivity contribution is 5.95. The molecule has 0 spiro atoms. The van der Waals surface area contributed by atoms with E-state index in [2.05, 4.69) is 18.7 Å². The van der Waals surface area contributed by atoms with Gasteiger partial charge >= 0.3 is 0 Å². The maximum Gasteiger partial charge on any atom is 0.159 e. The van der Waals surface area contributed by atoms with Crippen molar-refractivity contribution in [1.29, 1.82) is 0 Å². The van der Waals surface area contributed by atoms with Crippen molar-refractivity contribution in [3.8, 4) is 17.2 Å². The van der Waals surface area contributed by atoms with Crippen molar-refractivity contribution in [1.82, 2.24) is 4.90 Å². The third-order valence-corrected chi connectivity index (χ3v) is 7.26. The number of nitrogens with zero attached hydrogens (tertiary/aromatic N) is 1. The van der Waals surface area contributed by atoms with E-state index in [1.807, 2.05) is 31.2 Å². The Labute approximate surface area is 210 Å². The van der Waals surface area contributed by atoms with E-state index in [4.69, 9.17) is 9.47 Å². The molecule has 0 bridgehead atoms. The lowest BCUT2D eigenvalue weighted by atomic mass is 9.86. The molecule has 1 N–H and O–H groups in total. The zero-order valence-corrected chi connectivity index (χ0v) is 20.8. The first-order valence-electron chi connectivity index (χ1n) is 12.4. The van der Waals surface area contributed by atoms with E-state index < -0.39 is 17.7 Å². The highest BCUT2D eigenvalue weighted by atomic mass is 19.2. The molecule has 3 aromatic rings. The molecule has 1 fully saturated rings. The van der Waals surface area contributed by atoms with Crippen LogP contribution in [0.1, 0.15) is 50.0 Å². The minimum Gasteiger partial charge on any atom is -0.508 e. The summed E-state index contributed by atoms with van der Waals surface area (Å²) in [4.78, 5) is 2.46. The van der Waals surface area contributed by atoms with Crippen molar-refractivity contribution < 1.29 is 23.4 Å². The van der Waals surface area contributed by atoms with E-state index in [9.17, 15) is 13.9 Å². The lowest BCUT2D eigenvalue weighted by Crippen LogP contribution is -2.35. The van der Waals surface area contributed by atoms with Gasteiger partial charge in [0.25, 0.3) is 0 Å². The van der Waals surface area contributed by atoms with Crippen LogP contribution in [-0.2, 0) is 0 Å². The van der Waals surface area contributed by atoms with E-state index in [0.29, 0.717) is 24.0 Å². The molecule has 2 aliphatic heterocycles. The molecule has 2 aliphatic rings. The highest BCUT2D eigenvalue weighted by Crippen LogP contribution is 2.47. The van der Waals surface area contributed by atoms with Crippen LogP contribution >= 0.6 is 0 Å². The number of fused-ring (bicyclic) bond motifs is 1. The van der Waals surface area contributed by atoms with Gasteiger partial charge in [0.2, 0.25) is 0 Å². The molecule has 0 amide bonds. The number of aromatic hydroxyl groups is 1. The molecule has 6 heteroatoms. The van der Waals surface area contributed by atoms with Crippen LogP contribution < -0.4 is 9.47 Å². The molecule has 0 aromatic heterocycles. The molecule has 36 heavy (non-hydrogen) atoms. The number of phenolic OH excluding ortho intramolecular Hbond substituents is 1. The van der Waals surface area contributed by atoms with Gasteiger partial charge in [0, 0.05) is 23.7 Å². The largest absolute Gasteiger partial charge is 0.508 e. The lowest BCUT2D eigenvalue weighted by molar-refractivity contribution is 0.169. The number of ether oxygens (including phenoxy) is 2. The normalized spacial score (nSPS) is 20.7.